The molecule has 0 fully saturated rings. The van der Waals surface area contributed by atoms with Crippen molar-refractivity contribution in [2.75, 3.05) is 13.6 Å². The molecule has 0 saturated heterocycles. The Kier molecular flexibility index (Phi) is 11.7. The van der Waals surface area contributed by atoms with Gasteiger partial charge in [-0.05, 0) is 69.3 Å². The number of nitriles is 1. The Hall–Kier alpha value is -3.24. The van der Waals surface area contributed by atoms with E-state index in [0.717, 1.165) is 42.9 Å². The van der Waals surface area contributed by atoms with Gasteiger partial charge in [-0.15, -0.1) is 0 Å². The van der Waals surface area contributed by atoms with Gasteiger partial charge < -0.3 is 15.6 Å². The summed E-state index contributed by atoms with van der Waals surface area (Å²) < 4.78 is 26.4. The number of nitrogens with zero attached hydrogens (tertiary/aromatic N) is 2. The lowest BCUT2D eigenvalue weighted by atomic mass is 10.1. The van der Waals surface area contributed by atoms with Crippen LogP contribution in [0.4, 0.5) is 8.78 Å². The van der Waals surface area contributed by atoms with Crippen LogP contribution in [0.3, 0.4) is 0 Å². The van der Waals surface area contributed by atoms with Crippen molar-refractivity contribution < 1.29 is 13.6 Å². The largest absolute Gasteiger partial charge is 0.366 e. The molecule has 32 heavy (non-hydrogen) atoms. The Morgan fingerprint density at radius 2 is 1.78 bits per heavy atom. The lowest BCUT2D eigenvalue weighted by molar-refractivity contribution is 0.100. The highest BCUT2D eigenvalue weighted by molar-refractivity contribution is 5.99. The van der Waals surface area contributed by atoms with Crippen LogP contribution in [0.15, 0.2) is 42.6 Å². The van der Waals surface area contributed by atoms with Crippen LogP contribution < -0.4 is 11.1 Å². The molecule has 1 aromatic heterocycles. The summed E-state index contributed by atoms with van der Waals surface area (Å²) in [7, 11) is 1.96. The molecule has 0 aliphatic carbocycles. The first-order valence-corrected chi connectivity index (χ1v) is 10.7. The maximum atomic E-state index is 12.2. The van der Waals surface area contributed by atoms with Gasteiger partial charge in [0.2, 0.25) is 5.91 Å². The van der Waals surface area contributed by atoms with Gasteiger partial charge in [-0.3, -0.25) is 4.79 Å². The van der Waals surface area contributed by atoms with Crippen LogP contribution in [0.5, 0.6) is 0 Å². The molecule has 1 amide bonds. The summed E-state index contributed by atoms with van der Waals surface area (Å²) in [5.74, 6) is -1.54. The molecule has 0 spiro atoms. The van der Waals surface area contributed by atoms with Crippen molar-refractivity contribution >= 4 is 16.8 Å². The number of hydrogen-bond donors (Lipinski definition) is 2. The first-order valence-electron chi connectivity index (χ1n) is 10.7. The van der Waals surface area contributed by atoms with Gasteiger partial charge in [-0.1, -0.05) is 20.3 Å². The molecule has 3 rings (SSSR count). The average Bonchev–Trinajstić information content (AvgIpc) is 3.15. The van der Waals surface area contributed by atoms with Crippen LogP contribution in [-0.2, 0) is 6.54 Å². The lowest BCUT2D eigenvalue weighted by Crippen LogP contribution is -2.11. The summed E-state index contributed by atoms with van der Waals surface area (Å²) in [6.45, 7) is 7.94. The number of nitrogens with one attached hydrogen (secondary N) is 1. The van der Waals surface area contributed by atoms with Crippen molar-refractivity contribution in [2.24, 2.45) is 5.73 Å². The van der Waals surface area contributed by atoms with E-state index in [1.54, 1.807) is 19.1 Å². The molecule has 2 aromatic carbocycles. The molecule has 0 saturated carbocycles. The fraction of sp³-hybridized carbons (Fsp3) is 0.360. The van der Waals surface area contributed by atoms with E-state index in [-0.39, 0.29) is 0 Å². The number of fused-ring (bicyclic) bond motifs is 1. The number of primary amides is 1. The van der Waals surface area contributed by atoms with Crippen LogP contribution in [0.1, 0.15) is 54.6 Å². The topological polar surface area (TPSA) is 83.8 Å². The molecule has 172 valence electrons. The van der Waals surface area contributed by atoms with Crippen molar-refractivity contribution in [3.8, 4) is 6.07 Å². The van der Waals surface area contributed by atoms with Crippen molar-refractivity contribution in [1.29, 1.82) is 5.26 Å². The van der Waals surface area contributed by atoms with E-state index < -0.39 is 17.5 Å². The molecule has 0 atom stereocenters. The highest BCUT2D eigenvalue weighted by Crippen LogP contribution is 2.22. The Labute approximate surface area is 188 Å². The normalized spacial score (nSPS) is 9.91. The number of aromatic nitrogens is 1. The molecule has 3 N–H and O–H groups in total. The third-order valence-electron chi connectivity index (χ3n) is 4.55. The van der Waals surface area contributed by atoms with Gasteiger partial charge >= 0.3 is 0 Å². The molecule has 7 heteroatoms. The van der Waals surface area contributed by atoms with Crippen LogP contribution in [0.25, 0.3) is 10.9 Å². The Morgan fingerprint density at radius 3 is 2.22 bits per heavy atom. The first-order chi connectivity index (χ1) is 15.3. The molecule has 0 bridgehead atoms. The Bertz CT molecular complexity index is 1000. The first kappa shape index (κ1) is 26.8. The molecule has 0 radical (unpaired) electrons. The predicted octanol–water partition coefficient (Wildman–Crippen LogP) is 5.30. The van der Waals surface area contributed by atoms with E-state index in [0.29, 0.717) is 16.7 Å². The summed E-state index contributed by atoms with van der Waals surface area (Å²) in [5.41, 5.74) is 7.67. The van der Waals surface area contributed by atoms with Gasteiger partial charge in [-0.2, -0.15) is 5.26 Å². The molecule has 0 aliphatic heterocycles. The summed E-state index contributed by atoms with van der Waals surface area (Å²) in [6.07, 6.45) is 5.34. The van der Waals surface area contributed by atoms with Crippen molar-refractivity contribution in [1.82, 2.24) is 9.88 Å². The van der Waals surface area contributed by atoms with Gasteiger partial charge in [0.15, 0.2) is 0 Å². The zero-order valence-electron chi connectivity index (χ0n) is 19.2. The van der Waals surface area contributed by atoms with E-state index in [9.17, 15) is 13.6 Å². The minimum Gasteiger partial charge on any atom is -0.366 e. The van der Waals surface area contributed by atoms with E-state index >= 15 is 0 Å². The second-order valence-electron chi connectivity index (χ2n) is 7.35. The van der Waals surface area contributed by atoms with Gasteiger partial charge in [0.1, 0.15) is 11.6 Å². The monoisotopic (exact) mass is 442 g/mol. The molecule has 3 aromatic rings. The quantitative estimate of drug-likeness (QED) is 0.543. The van der Waals surface area contributed by atoms with Crippen molar-refractivity contribution in [3.05, 3.63) is 70.9 Å². The smallest absolute Gasteiger partial charge is 0.248 e. The fourth-order valence-corrected chi connectivity index (χ4v) is 3.00. The highest BCUT2D eigenvalue weighted by Gasteiger charge is 2.10. The van der Waals surface area contributed by atoms with Crippen LogP contribution >= 0.6 is 0 Å². The van der Waals surface area contributed by atoms with Crippen LogP contribution in [0, 0.1) is 29.9 Å². The summed E-state index contributed by atoms with van der Waals surface area (Å²) in [5, 5.41) is 13.0. The van der Waals surface area contributed by atoms with E-state index in [1.807, 2.05) is 19.3 Å². The highest BCUT2D eigenvalue weighted by atomic mass is 19.1. The number of carbonyl (C=O) groups excluding carboxylic acids is 1. The molecular formula is C25H32F2N4O. The SMILES string of the molecule is CCCCn1ccc2c(C#N)cc(C(N)=O)cc21.CCCNC.Cc1cc(F)cc(F)c1. The number of halogens is 2. The Balaban J connectivity index is 0.000000303. The van der Waals surface area contributed by atoms with E-state index in [1.165, 1.54) is 18.6 Å². The molecular weight excluding hydrogens is 410 g/mol. The van der Waals surface area contributed by atoms with E-state index in [4.69, 9.17) is 11.0 Å². The number of carbonyl (C=O) groups is 1. The molecule has 0 aliphatic rings. The molecule has 5 nitrogen and oxygen atoms in total. The number of hydrogen-bond acceptors (Lipinski definition) is 3. The second-order valence-corrected chi connectivity index (χ2v) is 7.35. The lowest BCUT2D eigenvalue weighted by Gasteiger charge is -2.06. The van der Waals surface area contributed by atoms with Gasteiger partial charge in [0, 0.05) is 29.8 Å². The summed E-state index contributed by atoms with van der Waals surface area (Å²) >= 11 is 0. The zero-order chi connectivity index (χ0) is 24.1. The Morgan fingerprint density at radius 1 is 1.12 bits per heavy atom. The van der Waals surface area contributed by atoms with Crippen LogP contribution in [0.2, 0.25) is 0 Å². The van der Waals surface area contributed by atoms with E-state index in [2.05, 4.69) is 29.8 Å². The van der Waals surface area contributed by atoms with Crippen LogP contribution in [-0.4, -0.2) is 24.1 Å². The number of nitrogens with two attached hydrogens (primary N) is 1. The summed E-state index contributed by atoms with van der Waals surface area (Å²) in [4.78, 5) is 11.3. The summed E-state index contributed by atoms with van der Waals surface area (Å²) in [6, 6.07) is 10.7. The number of rotatable bonds is 6. The number of aryl methyl sites for hydroxylation is 2. The maximum absolute atomic E-state index is 12.2. The maximum Gasteiger partial charge on any atom is 0.248 e. The standard InChI is InChI=1S/C14H15N3O.C7H6F2.C4H11N/c1-2-3-5-17-6-4-12-11(9-15)7-10(14(16)18)8-13(12)17;1-5-2-6(8)4-7(9)3-5;1-3-4-5-2/h4,6-8H,2-3,5H2,1H3,(H2,16,18);2-4H,1H3;5H,3-4H2,1-2H3. The third-order valence-corrected chi connectivity index (χ3v) is 4.55. The molecule has 1 heterocycles. The number of amides is 1. The zero-order valence-corrected chi connectivity index (χ0v) is 19.2. The van der Waals surface area contributed by atoms with Gasteiger partial charge in [0.05, 0.1) is 17.1 Å². The number of benzene rings is 2. The minimum atomic E-state index is -0.521. The van der Waals surface area contributed by atoms with Crippen molar-refractivity contribution in [2.45, 2.75) is 46.6 Å². The van der Waals surface area contributed by atoms with Gasteiger partial charge in [-0.25, -0.2) is 8.78 Å². The minimum absolute atomic E-state index is 0.385. The molecule has 0 unspecified atom stereocenters. The average molecular weight is 443 g/mol. The third kappa shape index (κ3) is 8.48. The number of unbranched alkanes of at least 4 members (excludes halogenated alkanes) is 1. The van der Waals surface area contributed by atoms with Crippen molar-refractivity contribution in [3.63, 3.8) is 0 Å². The predicted molar refractivity (Wildman–Crippen MR) is 125 cm³/mol. The fourth-order valence-electron chi connectivity index (χ4n) is 3.00. The second kappa shape index (κ2) is 13.9. The van der Waals surface area contributed by atoms with Gasteiger partial charge in [0.25, 0.3) is 0 Å².